The number of aromatic nitrogens is 1. The van der Waals surface area contributed by atoms with E-state index in [-0.39, 0.29) is 0 Å². The minimum atomic E-state index is 0.483. The molecule has 1 aliphatic rings. The monoisotopic (exact) mass is 291 g/mol. The van der Waals surface area contributed by atoms with Crippen LogP contribution in [0.3, 0.4) is 0 Å². The number of rotatable bonds is 6. The van der Waals surface area contributed by atoms with E-state index in [4.69, 9.17) is 4.74 Å². The first-order valence-corrected chi connectivity index (χ1v) is 8.06. The van der Waals surface area contributed by atoms with Crippen LogP contribution in [0.5, 0.6) is 5.75 Å². The molecule has 0 saturated carbocycles. The molecule has 1 atom stereocenters. The lowest BCUT2D eigenvalue weighted by Crippen LogP contribution is -2.41. The summed E-state index contributed by atoms with van der Waals surface area (Å²) < 4.78 is 5.47. The highest BCUT2D eigenvalue weighted by atomic mass is 16.5. The average Bonchev–Trinajstić information content (AvgIpc) is 2.48. The normalized spacial score (nSPS) is 17.7. The minimum Gasteiger partial charge on any atom is -0.496 e. The van der Waals surface area contributed by atoms with Gasteiger partial charge in [-0.05, 0) is 46.7 Å². The Hall–Kier alpha value is -1.13. The predicted octanol–water partition coefficient (Wildman–Crippen LogP) is 2.67. The molecule has 4 heteroatoms. The number of aryl methyl sites for hydroxylation is 1. The Labute approximate surface area is 128 Å². The second-order valence-corrected chi connectivity index (χ2v) is 6.19. The molecule has 1 N–H and O–H groups in total. The fourth-order valence-electron chi connectivity index (χ4n) is 3.11. The van der Waals surface area contributed by atoms with Crippen LogP contribution < -0.4 is 10.1 Å². The van der Waals surface area contributed by atoms with Gasteiger partial charge in [0.1, 0.15) is 5.75 Å². The molecule has 1 aromatic heterocycles. The van der Waals surface area contributed by atoms with Gasteiger partial charge in [-0.2, -0.15) is 0 Å². The number of likely N-dealkylation sites (tertiary alicyclic amines) is 1. The van der Waals surface area contributed by atoms with Crippen LogP contribution in [0.15, 0.2) is 6.20 Å². The molecule has 1 aliphatic heterocycles. The molecule has 0 aromatic carbocycles. The van der Waals surface area contributed by atoms with Gasteiger partial charge in [-0.15, -0.1) is 0 Å². The van der Waals surface area contributed by atoms with Crippen molar-refractivity contribution in [3.05, 3.63) is 23.0 Å². The smallest absolute Gasteiger partial charge is 0.128 e. The van der Waals surface area contributed by atoms with Gasteiger partial charge in [0.05, 0.1) is 12.8 Å². The molecular formula is C17H29N3O. The maximum Gasteiger partial charge on any atom is 0.128 e. The first-order chi connectivity index (χ1) is 10.1. The summed E-state index contributed by atoms with van der Waals surface area (Å²) in [5.74, 6) is 0.963. The summed E-state index contributed by atoms with van der Waals surface area (Å²) in [7, 11) is 1.73. The Kier molecular flexibility index (Phi) is 6.00. The van der Waals surface area contributed by atoms with Gasteiger partial charge >= 0.3 is 0 Å². The van der Waals surface area contributed by atoms with E-state index in [9.17, 15) is 0 Å². The van der Waals surface area contributed by atoms with Crippen LogP contribution in [-0.4, -0.2) is 42.7 Å². The van der Waals surface area contributed by atoms with Gasteiger partial charge in [0.15, 0.2) is 0 Å². The number of hydrogen-bond acceptors (Lipinski definition) is 4. The fraction of sp³-hybridized carbons (Fsp3) is 0.706. The summed E-state index contributed by atoms with van der Waals surface area (Å²) in [6.45, 7) is 10.8. The maximum absolute atomic E-state index is 5.47. The van der Waals surface area contributed by atoms with Crippen molar-refractivity contribution in [3.8, 4) is 5.75 Å². The molecule has 1 aromatic rings. The maximum atomic E-state index is 5.47. The van der Waals surface area contributed by atoms with Crippen LogP contribution in [0.1, 0.15) is 43.0 Å². The Bertz CT molecular complexity index is 456. The van der Waals surface area contributed by atoms with E-state index in [1.54, 1.807) is 7.11 Å². The summed E-state index contributed by atoms with van der Waals surface area (Å²) in [6.07, 6.45) is 5.99. The molecule has 0 bridgehead atoms. The van der Waals surface area contributed by atoms with Crippen molar-refractivity contribution in [1.82, 2.24) is 15.2 Å². The van der Waals surface area contributed by atoms with E-state index in [1.807, 2.05) is 13.1 Å². The number of nitrogens with zero attached hydrogens (tertiary/aromatic N) is 2. The standard InChI is InChI=1S/C17H29N3O/c1-13-10-19-16(15(3)17(13)21-4)11-18-14(2)12-20-8-6-5-7-9-20/h10,14,18H,5-9,11-12H2,1-4H3. The summed E-state index contributed by atoms with van der Waals surface area (Å²) >= 11 is 0. The molecule has 2 heterocycles. The number of methoxy groups -OCH3 is 1. The van der Waals surface area contributed by atoms with Gasteiger partial charge in [-0.25, -0.2) is 0 Å². The van der Waals surface area contributed by atoms with E-state index in [2.05, 4.69) is 29.0 Å². The predicted molar refractivity (Wildman–Crippen MR) is 86.9 cm³/mol. The average molecular weight is 291 g/mol. The summed E-state index contributed by atoms with van der Waals surface area (Å²) in [4.78, 5) is 7.12. The zero-order valence-electron chi connectivity index (χ0n) is 13.9. The van der Waals surface area contributed by atoms with Crippen LogP contribution in [0, 0.1) is 13.8 Å². The lowest BCUT2D eigenvalue weighted by Gasteiger charge is -2.29. The third-order valence-electron chi connectivity index (χ3n) is 4.35. The molecular weight excluding hydrogens is 262 g/mol. The van der Waals surface area contributed by atoms with Crippen LogP contribution >= 0.6 is 0 Å². The number of ether oxygens (including phenoxy) is 1. The van der Waals surface area contributed by atoms with Gasteiger partial charge in [-0.1, -0.05) is 6.42 Å². The SMILES string of the molecule is COc1c(C)cnc(CNC(C)CN2CCCCC2)c1C. The molecule has 0 amide bonds. The zero-order valence-corrected chi connectivity index (χ0v) is 13.9. The van der Waals surface area contributed by atoms with Crippen LogP contribution in [-0.2, 0) is 6.54 Å². The molecule has 4 nitrogen and oxygen atoms in total. The largest absolute Gasteiger partial charge is 0.496 e. The van der Waals surface area contributed by atoms with Crippen LogP contribution in [0.4, 0.5) is 0 Å². The first kappa shape index (κ1) is 16.2. The van der Waals surface area contributed by atoms with Crippen LogP contribution in [0.2, 0.25) is 0 Å². The fourth-order valence-corrected chi connectivity index (χ4v) is 3.11. The highest BCUT2D eigenvalue weighted by Crippen LogP contribution is 2.23. The number of nitrogens with one attached hydrogen (secondary N) is 1. The van der Waals surface area contributed by atoms with Gasteiger partial charge < -0.3 is 15.0 Å². The number of hydrogen-bond donors (Lipinski definition) is 1. The second-order valence-electron chi connectivity index (χ2n) is 6.19. The third-order valence-corrected chi connectivity index (χ3v) is 4.35. The van der Waals surface area contributed by atoms with Gasteiger partial charge in [0.2, 0.25) is 0 Å². The molecule has 118 valence electrons. The molecule has 0 spiro atoms. The van der Waals surface area contributed by atoms with E-state index < -0.39 is 0 Å². The van der Waals surface area contributed by atoms with Crippen molar-refractivity contribution < 1.29 is 4.74 Å². The van der Waals surface area contributed by atoms with Crippen molar-refractivity contribution in [1.29, 1.82) is 0 Å². The highest BCUT2D eigenvalue weighted by Gasteiger charge is 2.14. The van der Waals surface area contributed by atoms with E-state index >= 15 is 0 Å². The summed E-state index contributed by atoms with van der Waals surface area (Å²) in [6, 6.07) is 0.483. The molecule has 1 saturated heterocycles. The summed E-state index contributed by atoms with van der Waals surface area (Å²) in [5, 5.41) is 3.60. The molecule has 2 rings (SSSR count). The Morgan fingerprint density at radius 3 is 2.67 bits per heavy atom. The van der Waals surface area contributed by atoms with E-state index in [0.717, 1.165) is 35.7 Å². The van der Waals surface area contributed by atoms with Crippen molar-refractivity contribution in [2.75, 3.05) is 26.7 Å². The van der Waals surface area contributed by atoms with Crippen molar-refractivity contribution in [2.45, 2.75) is 52.6 Å². The second kappa shape index (κ2) is 7.76. The lowest BCUT2D eigenvalue weighted by molar-refractivity contribution is 0.208. The number of piperidine rings is 1. The molecule has 0 aliphatic carbocycles. The van der Waals surface area contributed by atoms with Gasteiger partial charge in [0.25, 0.3) is 0 Å². The first-order valence-electron chi connectivity index (χ1n) is 8.06. The topological polar surface area (TPSA) is 37.4 Å². The Morgan fingerprint density at radius 2 is 2.00 bits per heavy atom. The molecule has 0 radical (unpaired) electrons. The lowest BCUT2D eigenvalue weighted by atomic mass is 10.1. The number of pyridine rings is 1. The highest BCUT2D eigenvalue weighted by molar-refractivity contribution is 5.40. The molecule has 21 heavy (non-hydrogen) atoms. The Balaban J connectivity index is 1.87. The molecule has 1 unspecified atom stereocenters. The van der Waals surface area contributed by atoms with Gasteiger partial charge in [0, 0.05) is 36.5 Å². The van der Waals surface area contributed by atoms with Crippen LogP contribution in [0.25, 0.3) is 0 Å². The quantitative estimate of drug-likeness (QED) is 0.874. The summed E-state index contributed by atoms with van der Waals surface area (Å²) in [5.41, 5.74) is 3.33. The van der Waals surface area contributed by atoms with Crippen molar-refractivity contribution in [3.63, 3.8) is 0 Å². The third kappa shape index (κ3) is 4.42. The van der Waals surface area contributed by atoms with Crippen molar-refractivity contribution >= 4 is 0 Å². The van der Waals surface area contributed by atoms with E-state index in [0.29, 0.717) is 6.04 Å². The Morgan fingerprint density at radius 1 is 1.29 bits per heavy atom. The van der Waals surface area contributed by atoms with Gasteiger partial charge in [-0.3, -0.25) is 4.98 Å². The van der Waals surface area contributed by atoms with Crippen molar-refractivity contribution in [2.24, 2.45) is 0 Å². The van der Waals surface area contributed by atoms with E-state index in [1.165, 1.54) is 32.4 Å². The minimum absolute atomic E-state index is 0.483. The molecule has 1 fully saturated rings. The zero-order chi connectivity index (χ0) is 15.2.